The summed E-state index contributed by atoms with van der Waals surface area (Å²) >= 11 is 0. The van der Waals surface area contributed by atoms with Gasteiger partial charge in [-0.3, -0.25) is 9.69 Å². The summed E-state index contributed by atoms with van der Waals surface area (Å²) in [6.45, 7) is 7.11. The van der Waals surface area contributed by atoms with Crippen molar-refractivity contribution in [3.63, 3.8) is 0 Å². The summed E-state index contributed by atoms with van der Waals surface area (Å²) in [6.07, 6.45) is 6.28. The standard InChI is InChI=1S/C15H31N3O2.2ClH/c1-3-4-9-18-10-6-5-7-14(18)12-17-15(19)13-16-8-11-20-2;;/h14,16H,3-13H2,1-2H3,(H,17,19);2*1H. The van der Waals surface area contributed by atoms with Gasteiger partial charge in [-0.2, -0.15) is 0 Å². The first kappa shape index (κ1) is 24.2. The molecule has 0 radical (unpaired) electrons. The number of hydrogen-bond acceptors (Lipinski definition) is 4. The Morgan fingerprint density at radius 3 is 2.77 bits per heavy atom. The van der Waals surface area contributed by atoms with E-state index >= 15 is 0 Å². The topological polar surface area (TPSA) is 53.6 Å². The summed E-state index contributed by atoms with van der Waals surface area (Å²) in [5.41, 5.74) is 0. The van der Waals surface area contributed by atoms with Crippen LogP contribution >= 0.6 is 24.8 Å². The minimum atomic E-state index is 0. The maximum absolute atomic E-state index is 11.7. The van der Waals surface area contributed by atoms with E-state index in [4.69, 9.17) is 4.74 Å². The molecule has 7 heteroatoms. The van der Waals surface area contributed by atoms with Crippen LogP contribution in [0, 0.1) is 0 Å². The zero-order valence-corrected chi connectivity index (χ0v) is 15.6. The van der Waals surface area contributed by atoms with Crippen molar-refractivity contribution in [1.29, 1.82) is 0 Å². The second kappa shape index (κ2) is 15.8. The second-order valence-corrected chi connectivity index (χ2v) is 5.51. The molecule has 1 rings (SSSR count). The molecule has 0 saturated carbocycles. The Morgan fingerprint density at radius 2 is 2.09 bits per heavy atom. The number of rotatable bonds is 10. The lowest BCUT2D eigenvalue weighted by molar-refractivity contribution is -0.120. The van der Waals surface area contributed by atoms with E-state index in [1.165, 1.54) is 45.2 Å². The minimum Gasteiger partial charge on any atom is -0.383 e. The highest BCUT2D eigenvalue weighted by molar-refractivity contribution is 5.85. The van der Waals surface area contributed by atoms with Gasteiger partial charge in [0, 0.05) is 26.2 Å². The minimum absolute atomic E-state index is 0. The molecular weight excluding hydrogens is 325 g/mol. The second-order valence-electron chi connectivity index (χ2n) is 5.51. The van der Waals surface area contributed by atoms with E-state index in [9.17, 15) is 4.79 Å². The molecule has 1 saturated heterocycles. The SMILES string of the molecule is CCCCN1CCCCC1CNC(=O)CNCCOC.Cl.Cl. The molecule has 0 aromatic carbocycles. The van der Waals surface area contributed by atoms with E-state index in [1.807, 2.05) is 0 Å². The zero-order chi connectivity index (χ0) is 14.6. The van der Waals surface area contributed by atoms with Crippen LogP contribution in [-0.4, -0.2) is 63.3 Å². The van der Waals surface area contributed by atoms with Gasteiger partial charge in [-0.05, 0) is 32.4 Å². The number of ether oxygens (including phenoxy) is 1. The molecule has 1 heterocycles. The van der Waals surface area contributed by atoms with Crippen molar-refractivity contribution in [2.24, 2.45) is 0 Å². The van der Waals surface area contributed by atoms with Crippen LogP contribution < -0.4 is 10.6 Å². The first-order chi connectivity index (χ1) is 9.77. The molecule has 0 aliphatic carbocycles. The van der Waals surface area contributed by atoms with Crippen LogP contribution in [0.15, 0.2) is 0 Å². The van der Waals surface area contributed by atoms with Crippen LogP contribution in [0.2, 0.25) is 0 Å². The Morgan fingerprint density at radius 1 is 1.32 bits per heavy atom. The predicted molar refractivity (Wildman–Crippen MR) is 96.4 cm³/mol. The first-order valence-electron chi connectivity index (χ1n) is 7.98. The normalized spacial score (nSPS) is 18.2. The van der Waals surface area contributed by atoms with Crippen LogP contribution in [0.25, 0.3) is 0 Å². The van der Waals surface area contributed by atoms with Crippen molar-refractivity contribution < 1.29 is 9.53 Å². The van der Waals surface area contributed by atoms with E-state index in [2.05, 4.69) is 22.5 Å². The third kappa shape index (κ3) is 10.6. The molecule has 0 bridgehead atoms. The van der Waals surface area contributed by atoms with Crippen LogP contribution in [-0.2, 0) is 9.53 Å². The van der Waals surface area contributed by atoms with Gasteiger partial charge in [-0.25, -0.2) is 0 Å². The maximum Gasteiger partial charge on any atom is 0.234 e. The van der Waals surface area contributed by atoms with Gasteiger partial charge in [0.25, 0.3) is 0 Å². The van der Waals surface area contributed by atoms with Gasteiger partial charge in [-0.15, -0.1) is 24.8 Å². The number of amides is 1. The molecule has 2 N–H and O–H groups in total. The average molecular weight is 358 g/mol. The third-order valence-corrected chi connectivity index (χ3v) is 3.85. The van der Waals surface area contributed by atoms with Crippen molar-refractivity contribution >= 4 is 30.7 Å². The molecule has 22 heavy (non-hydrogen) atoms. The van der Waals surface area contributed by atoms with Gasteiger partial charge < -0.3 is 15.4 Å². The van der Waals surface area contributed by atoms with Gasteiger partial charge in [-0.1, -0.05) is 19.8 Å². The van der Waals surface area contributed by atoms with E-state index in [0.717, 1.165) is 13.1 Å². The summed E-state index contributed by atoms with van der Waals surface area (Å²) in [7, 11) is 1.66. The molecule has 1 fully saturated rings. The third-order valence-electron chi connectivity index (χ3n) is 3.85. The Hall–Kier alpha value is -0.0700. The lowest BCUT2D eigenvalue weighted by Gasteiger charge is -2.35. The highest BCUT2D eigenvalue weighted by atomic mass is 35.5. The Labute approximate surface area is 147 Å². The van der Waals surface area contributed by atoms with Gasteiger partial charge in [0.05, 0.1) is 13.2 Å². The molecule has 1 unspecified atom stereocenters. The monoisotopic (exact) mass is 357 g/mol. The molecule has 0 spiro atoms. The van der Waals surface area contributed by atoms with E-state index in [1.54, 1.807) is 7.11 Å². The lowest BCUT2D eigenvalue weighted by atomic mass is 10.0. The van der Waals surface area contributed by atoms with Crippen molar-refractivity contribution in [3.8, 4) is 0 Å². The van der Waals surface area contributed by atoms with Crippen molar-refractivity contribution in [1.82, 2.24) is 15.5 Å². The van der Waals surface area contributed by atoms with Crippen LogP contribution in [0.3, 0.4) is 0 Å². The highest BCUT2D eigenvalue weighted by Crippen LogP contribution is 2.16. The molecule has 0 aromatic rings. The van der Waals surface area contributed by atoms with Crippen LogP contribution in [0.5, 0.6) is 0 Å². The van der Waals surface area contributed by atoms with Gasteiger partial charge in [0.15, 0.2) is 0 Å². The quantitative estimate of drug-likeness (QED) is 0.585. The summed E-state index contributed by atoms with van der Waals surface area (Å²) in [6, 6.07) is 0.526. The molecule has 5 nitrogen and oxygen atoms in total. The van der Waals surface area contributed by atoms with Gasteiger partial charge in [0.1, 0.15) is 0 Å². The number of halogens is 2. The fourth-order valence-corrected chi connectivity index (χ4v) is 2.62. The number of carbonyl (C=O) groups excluding carboxylic acids is 1. The number of methoxy groups -OCH3 is 1. The summed E-state index contributed by atoms with van der Waals surface area (Å²) in [4.78, 5) is 14.3. The molecular formula is C15H33Cl2N3O2. The highest BCUT2D eigenvalue weighted by Gasteiger charge is 2.21. The number of likely N-dealkylation sites (tertiary alicyclic amines) is 1. The number of carbonyl (C=O) groups is 1. The van der Waals surface area contributed by atoms with E-state index in [0.29, 0.717) is 19.2 Å². The van der Waals surface area contributed by atoms with E-state index in [-0.39, 0.29) is 30.7 Å². The molecule has 134 valence electrons. The van der Waals surface area contributed by atoms with E-state index < -0.39 is 0 Å². The number of nitrogens with one attached hydrogen (secondary N) is 2. The van der Waals surface area contributed by atoms with Crippen molar-refractivity contribution in [3.05, 3.63) is 0 Å². The van der Waals surface area contributed by atoms with Gasteiger partial charge in [0.2, 0.25) is 5.91 Å². The number of piperidine rings is 1. The molecule has 1 amide bonds. The van der Waals surface area contributed by atoms with Crippen molar-refractivity contribution in [2.75, 3.05) is 46.4 Å². The Kier molecular flexibility index (Phi) is 17.4. The number of hydrogen-bond donors (Lipinski definition) is 2. The smallest absolute Gasteiger partial charge is 0.234 e. The maximum atomic E-state index is 11.7. The Bertz CT molecular complexity index is 271. The van der Waals surface area contributed by atoms with Crippen LogP contribution in [0.4, 0.5) is 0 Å². The van der Waals surface area contributed by atoms with Crippen LogP contribution in [0.1, 0.15) is 39.0 Å². The molecule has 1 aliphatic rings. The van der Waals surface area contributed by atoms with Crippen molar-refractivity contribution in [2.45, 2.75) is 45.1 Å². The van der Waals surface area contributed by atoms with Gasteiger partial charge >= 0.3 is 0 Å². The lowest BCUT2D eigenvalue weighted by Crippen LogP contribution is -2.48. The molecule has 0 aromatic heterocycles. The predicted octanol–water partition coefficient (Wildman–Crippen LogP) is 1.84. The fraction of sp³-hybridized carbons (Fsp3) is 0.933. The zero-order valence-electron chi connectivity index (χ0n) is 13.9. The summed E-state index contributed by atoms with van der Waals surface area (Å²) in [5, 5.41) is 6.12. The largest absolute Gasteiger partial charge is 0.383 e. The average Bonchev–Trinajstić information content (AvgIpc) is 2.48. The summed E-state index contributed by atoms with van der Waals surface area (Å²) < 4.78 is 4.93. The summed E-state index contributed by atoms with van der Waals surface area (Å²) in [5.74, 6) is 0.0853. The number of nitrogens with zero attached hydrogens (tertiary/aromatic N) is 1. The molecule has 1 aliphatic heterocycles. The Balaban J connectivity index is 0. The molecule has 1 atom stereocenters. The number of unbranched alkanes of at least 4 members (excludes halogenated alkanes) is 1. The first-order valence-corrected chi connectivity index (χ1v) is 7.98. The fourth-order valence-electron chi connectivity index (χ4n) is 2.62.